The van der Waals surface area contributed by atoms with Gasteiger partial charge in [0.1, 0.15) is 12.6 Å². The van der Waals surface area contributed by atoms with Gasteiger partial charge in [-0.15, -0.1) is 0 Å². The number of hydrogen-bond acceptors (Lipinski definition) is 6. The first-order valence-corrected chi connectivity index (χ1v) is 13.2. The molecule has 1 aliphatic heterocycles. The highest BCUT2D eigenvalue weighted by atomic mass is 16.5. The molecule has 0 aliphatic carbocycles. The minimum Gasteiger partial charge on any atom is -0.480 e. The molecule has 0 unspecified atom stereocenters. The van der Waals surface area contributed by atoms with Crippen molar-refractivity contribution in [3.8, 4) is 0 Å². The zero-order chi connectivity index (χ0) is 28.5. The lowest BCUT2D eigenvalue weighted by atomic mass is 10.0. The summed E-state index contributed by atoms with van der Waals surface area (Å²) in [6.45, 7) is 1.65. The number of aliphatic carboxylic acids is 1. The largest absolute Gasteiger partial charge is 0.480 e. The van der Waals surface area contributed by atoms with Crippen molar-refractivity contribution < 1.29 is 29.0 Å². The van der Waals surface area contributed by atoms with Crippen LogP contribution in [0.15, 0.2) is 91.0 Å². The summed E-state index contributed by atoms with van der Waals surface area (Å²) in [5.41, 5.74) is 2.66. The average molecular weight is 544 g/mol. The minimum absolute atomic E-state index is 0.0751. The van der Waals surface area contributed by atoms with Crippen LogP contribution in [0.25, 0.3) is 0 Å². The monoisotopic (exact) mass is 543 g/mol. The zero-order valence-corrected chi connectivity index (χ0v) is 22.3. The van der Waals surface area contributed by atoms with Crippen LogP contribution in [-0.4, -0.2) is 63.5 Å². The maximum absolute atomic E-state index is 13.5. The molecular formula is C31H33N3O6. The Kier molecular flexibility index (Phi) is 9.64. The molecule has 3 amide bonds. The van der Waals surface area contributed by atoms with Gasteiger partial charge in [-0.05, 0) is 36.5 Å². The molecule has 1 aliphatic rings. The molecule has 1 fully saturated rings. The third-order valence-electron chi connectivity index (χ3n) is 6.81. The molecule has 9 nitrogen and oxygen atoms in total. The first-order chi connectivity index (χ1) is 19.3. The van der Waals surface area contributed by atoms with Gasteiger partial charge in [-0.3, -0.25) is 14.9 Å². The third-order valence-corrected chi connectivity index (χ3v) is 6.81. The Morgan fingerprint density at radius 1 is 0.900 bits per heavy atom. The van der Waals surface area contributed by atoms with Crippen molar-refractivity contribution in [3.63, 3.8) is 0 Å². The number of ether oxygens (including phenoxy) is 1. The van der Waals surface area contributed by atoms with E-state index in [0.717, 1.165) is 21.6 Å². The van der Waals surface area contributed by atoms with Gasteiger partial charge in [-0.25, -0.2) is 14.5 Å². The van der Waals surface area contributed by atoms with Gasteiger partial charge in [-0.2, -0.15) is 0 Å². The van der Waals surface area contributed by atoms with Gasteiger partial charge in [-0.1, -0.05) is 91.0 Å². The van der Waals surface area contributed by atoms with Gasteiger partial charge in [0.25, 0.3) is 0 Å². The van der Waals surface area contributed by atoms with E-state index in [1.807, 2.05) is 91.0 Å². The molecule has 1 saturated heterocycles. The van der Waals surface area contributed by atoms with Crippen molar-refractivity contribution in [2.45, 2.75) is 51.0 Å². The number of carbonyl (C=O) groups excluding carboxylic acids is 3. The fraction of sp³-hybridized carbons (Fsp3) is 0.290. The number of carbonyl (C=O) groups is 4. The third kappa shape index (κ3) is 7.33. The number of carboxylic acids is 1. The molecule has 3 aromatic rings. The lowest BCUT2D eigenvalue weighted by Crippen LogP contribution is -2.54. The van der Waals surface area contributed by atoms with Crippen LogP contribution in [0.5, 0.6) is 0 Å². The molecule has 40 heavy (non-hydrogen) atoms. The maximum Gasteiger partial charge on any atom is 0.328 e. The number of nitrogens with one attached hydrogen (secondary N) is 1. The van der Waals surface area contributed by atoms with Crippen molar-refractivity contribution in [1.82, 2.24) is 15.1 Å². The number of imide groups is 1. The van der Waals surface area contributed by atoms with E-state index in [-0.39, 0.29) is 19.7 Å². The quantitative estimate of drug-likeness (QED) is 0.335. The summed E-state index contributed by atoms with van der Waals surface area (Å²) in [7, 11) is 0. The highest BCUT2D eigenvalue weighted by Gasteiger charge is 2.46. The molecule has 4 rings (SSSR count). The van der Waals surface area contributed by atoms with E-state index in [2.05, 4.69) is 5.32 Å². The van der Waals surface area contributed by atoms with E-state index in [9.17, 15) is 24.3 Å². The van der Waals surface area contributed by atoms with E-state index in [1.165, 1.54) is 11.8 Å². The fourth-order valence-electron chi connectivity index (χ4n) is 4.66. The highest BCUT2D eigenvalue weighted by molar-refractivity contribution is 6.02. The summed E-state index contributed by atoms with van der Waals surface area (Å²) in [5, 5.41) is 12.8. The fourth-order valence-corrected chi connectivity index (χ4v) is 4.66. The number of amides is 3. The van der Waals surface area contributed by atoms with Crippen LogP contribution in [-0.2, 0) is 38.7 Å². The van der Waals surface area contributed by atoms with Crippen molar-refractivity contribution in [2.75, 3.05) is 6.54 Å². The smallest absolute Gasteiger partial charge is 0.328 e. The van der Waals surface area contributed by atoms with Crippen molar-refractivity contribution in [1.29, 1.82) is 0 Å². The van der Waals surface area contributed by atoms with Gasteiger partial charge in [0.05, 0.1) is 12.6 Å². The lowest BCUT2D eigenvalue weighted by molar-refractivity contribution is -0.149. The van der Waals surface area contributed by atoms with E-state index in [0.29, 0.717) is 12.8 Å². The van der Waals surface area contributed by atoms with Crippen LogP contribution >= 0.6 is 0 Å². The number of esters is 1. The standard InChI is InChI=1S/C31H33N3O6/c1-22(28(35)34-27(29(36)37)20-33(31(34)39)19-24-13-7-3-8-14-24)32-26(18-17-23-11-5-2-6-12-23)30(38)40-21-25-15-9-4-10-16-25/h2-16,22,26-27,32H,17-21H2,1H3,(H,36,37)/t22-,26+,27+/m1/s1. The number of nitrogens with zero attached hydrogens (tertiary/aromatic N) is 2. The normalized spacial score (nSPS) is 16.4. The molecule has 0 spiro atoms. The van der Waals surface area contributed by atoms with E-state index >= 15 is 0 Å². The Hall–Kier alpha value is -4.50. The van der Waals surface area contributed by atoms with E-state index in [1.54, 1.807) is 0 Å². The average Bonchev–Trinajstić information content (AvgIpc) is 3.30. The highest BCUT2D eigenvalue weighted by Crippen LogP contribution is 2.21. The topological polar surface area (TPSA) is 116 Å². The summed E-state index contributed by atoms with van der Waals surface area (Å²) < 4.78 is 5.55. The molecule has 0 saturated carbocycles. The van der Waals surface area contributed by atoms with Gasteiger partial charge in [0.2, 0.25) is 5.91 Å². The Balaban J connectivity index is 1.46. The molecular weight excluding hydrogens is 510 g/mol. The molecule has 208 valence electrons. The zero-order valence-electron chi connectivity index (χ0n) is 22.3. The predicted octanol–water partition coefficient (Wildman–Crippen LogP) is 3.63. The molecule has 0 bridgehead atoms. The second-order valence-electron chi connectivity index (χ2n) is 9.77. The maximum atomic E-state index is 13.5. The Bertz CT molecular complexity index is 1300. The van der Waals surface area contributed by atoms with Crippen LogP contribution in [0.1, 0.15) is 30.0 Å². The van der Waals surface area contributed by atoms with E-state index < -0.39 is 42.0 Å². The van der Waals surface area contributed by atoms with Crippen molar-refractivity contribution >= 4 is 23.9 Å². The number of aryl methyl sites for hydroxylation is 1. The molecule has 3 aromatic carbocycles. The molecule has 0 radical (unpaired) electrons. The SMILES string of the molecule is C[C@@H](N[C@@H](CCc1ccccc1)C(=O)OCc1ccccc1)C(=O)N1C(=O)N(Cc2ccccc2)C[C@H]1C(=O)O. The van der Waals surface area contributed by atoms with Gasteiger partial charge >= 0.3 is 18.0 Å². The summed E-state index contributed by atoms with van der Waals surface area (Å²) in [4.78, 5) is 54.0. The summed E-state index contributed by atoms with van der Waals surface area (Å²) in [5.74, 6) is -2.52. The second kappa shape index (κ2) is 13.5. The minimum atomic E-state index is -1.33. The summed E-state index contributed by atoms with van der Waals surface area (Å²) in [6, 6.07) is 24.1. The van der Waals surface area contributed by atoms with Crippen LogP contribution in [0.4, 0.5) is 4.79 Å². The van der Waals surface area contributed by atoms with Crippen LogP contribution < -0.4 is 5.32 Å². The number of carboxylic acid groups (broad SMARTS) is 1. The predicted molar refractivity (Wildman–Crippen MR) is 148 cm³/mol. The van der Waals surface area contributed by atoms with Crippen LogP contribution in [0, 0.1) is 0 Å². The van der Waals surface area contributed by atoms with Gasteiger partial charge < -0.3 is 14.7 Å². The van der Waals surface area contributed by atoms with Crippen LogP contribution in [0.2, 0.25) is 0 Å². The molecule has 3 atom stereocenters. The number of benzene rings is 3. The first-order valence-electron chi connectivity index (χ1n) is 13.2. The Labute approximate surface area is 233 Å². The molecule has 2 N–H and O–H groups in total. The van der Waals surface area contributed by atoms with Crippen molar-refractivity contribution in [2.24, 2.45) is 0 Å². The summed E-state index contributed by atoms with van der Waals surface area (Å²) in [6.07, 6.45) is 0.886. The van der Waals surface area contributed by atoms with Crippen LogP contribution in [0.3, 0.4) is 0 Å². The van der Waals surface area contributed by atoms with E-state index in [4.69, 9.17) is 4.74 Å². The van der Waals surface area contributed by atoms with Gasteiger partial charge in [0.15, 0.2) is 6.04 Å². The number of rotatable bonds is 12. The second-order valence-corrected chi connectivity index (χ2v) is 9.77. The molecule has 0 aromatic heterocycles. The molecule has 1 heterocycles. The number of urea groups is 1. The lowest BCUT2D eigenvalue weighted by Gasteiger charge is -2.26. The number of hydrogen-bond donors (Lipinski definition) is 2. The Morgan fingerprint density at radius 3 is 2.02 bits per heavy atom. The van der Waals surface area contributed by atoms with Crippen molar-refractivity contribution in [3.05, 3.63) is 108 Å². The Morgan fingerprint density at radius 2 is 1.45 bits per heavy atom. The first kappa shape index (κ1) is 28.5. The summed E-state index contributed by atoms with van der Waals surface area (Å²) >= 11 is 0. The molecule has 9 heteroatoms. The van der Waals surface area contributed by atoms with Gasteiger partial charge in [0, 0.05) is 6.54 Å².